The molecule has 2 atom stereocenters. The lowest BCUT2D eigenvalue weighted by molar-refractivity contribution is -0.138. The van der Waals surface area contributed by atoms with Gasteiger partial charge in [-0.15, -0.1) is 0 Å². The van der Waals surface area contributed by atoms with Crippen molar-refractivity contribution in [1.82, 2.24) is 9.55 Å². The lowest BCUT2D eigenvalue weighted by Crippen LogP contribution is -2.02. The van der Waals surface area contributed by atoms with Crippen molar-refractivity contribution in [3.63, 3.8) is 0 Å². The van der Waals surface area contributed by atoms with Gasteiger partial charge in [-0.3, -0.25) is 4.79 Å². The number of aliphatic carboxylic acids is 1. The van der Waals surface area contributed by atoms with Crippen LogP contribution >= 0.6 is 11.6 Å². The van der Waals surface area contributed by atoms with Crippen LogP contribution in [-0.4, -0.2) is 20.6 Å². The van der Waals surface area contributed by atoms with Gasteiger partial charge in [0.1, 0.15) is 5.82 Å². The van der Waals surface area contributed by atoms with Crippen molar-refractivity contribution in [3.8, 4) is 0 Å². The van der Waals surface area contributed by atoms with Crippen molar-refractivity contribution in [2.24, 2.45) is 13.0 Å². The Labute approximate surface area is 103 Å². The smallest absolute Gasteiger partial charge is 0.307 e. The standard InChI is InChI=1S/C12H11ClN2O2/c1-15-10-8(13)3-2-4-9(10)14-11(15)6-5-7(6)12(16)17/h2-4,6-7H,5H2,1H3,(H,16,17). The van der Waals surface area contributed by atoms with E-state index in [1.54, 1.807) is 0 Å². The Morgan fingerprint density at radius 1 is 1.59 bits per heavy atom. The van der Waals surface area contributed by atoms with Gasteiger partial charge in [0.2, 0.25) is 0 Å². The molecule has 1 aliphatic carbocycles. The second-order valence-electron chi connectivity index (χ2n) is 4.42. The number of hydrogen-bond donors (Lipinski definition) is 1. The molecule has 2 unspecified atom stereocenters. The number of benzene rings is 1. The fraction of sp³-hybridized carbons (Fsp3) is 0.333. The van der Waals surface area contributed by atoms with Gasteiger partial charge < -0.3 is 9.67 Å². The highest BCUT2D eigenvalue weighted by Crippen LogP contribution is 2.47. The van der Waals surface area contributed by atoms with Gasteiger partial charge in [-0.05, 0) is 18.6 Å². The number of hydrogen-bond acceptors (Lipinski definition) is 2. The van der Waals surface area contributed by atoms with Crippen molar-refractivity contribution >= 4 is 28.6 Å². The SMILES string of the molecule is Cn1c(C2CC2C(=O)O)nc2cccc(Cl)c21. The number of aromatic nitrogens is 2. The first-order valence-corrected chi connectivity index (χ1v) is 5.81. The number of imidazole rings is 1. The molecule has 0 aliphatic heterocycles. The molecule has 5 heteroatoms. The number of nitrogens with zero attached hydrogens (tertiary/aromatic N) is 2. The van der Waals surface area contributed by atoms with Crippen LogP contribution in [0.3, 0.4) is 0 Å². The highest BCUT2D eigenvalue weighted by molar-refractivity contribution is 6.35. The van der Waals surface area contributed by atoms with E-state index in [2.05, 4.69) is 4.98 Å². The van der Waals surface area contributed by atoms with Crippen LogP contribution in [0, 0.1) is 5.92 Å². The molecule has 17 heavy (non-hydrogen) atoms. The van der Waals surface area contributed by atoms with Gasteiger partial charge in [0.15, 0.2) is 0 Å². The molecule has 2 aromatic rings. The zero-order valence-electron chi connectivity index (χ0n) is 9.22. The third-order valence-electron chi connectivity index (χ3n) is 3.32. The third-order valence-corrected chi connectivity index (χ3v) is 3.62. The predicted octanol–water partition coefficient (Wildman–Crippen LogP) is 2.41. The van der Waals surface area contributed by atoms with Crippen LogP contribution in [0.15, 0.2) is 18.2 Å². The number of carbonyl (C=O) groups is 1. The molecule has 1 N–H and O–H groups in total. The highest BCUT2D eigenvalue weighted by Gasteiger charge is 2.47. The zero-order valence-corrected chi connectivity index (χ0v) is 9.98. The number of para-hydroxylation sites is 1. The maximum atomic E-state index is 10.9. The minimum Gasteiger partial charge on any atom is -0.481 e. The minimum atomic E-state index is -0.742. The van der Waals surface area contributed by atoms with Crippen molar-refractivity contribution in [1.29, 1.82) is 0 Å². The van der Waals surface area contributed by atoms with E-state index < -0.39 is 5.97 Å². The summed E-state index contributed by atoms with van der Waals surface area (Å²) < 4.78 is 1.91. The summed E-state index contributed by atoms with van der Waals surface area (Å²) in [5.41, 5.74) is 1.70. The normalized spacial score (nSPS) is 22.9. The molecule has 88 valence electrons. The van der Waals surface area contributed by atoms with Crippen LogP contribution in [-0.2, 0) is 11.8 Å². The van der Waals surface area contributed by atoms with Crippen LogP contribution in [0.25, 0.3) is 11.0 Å². The summed E-state index contributed by atoms with van der Waals surface area (Å²) in [6.45, 7) is 0. The monoisotopic (exact) mass is 250 g/mol. The van der Waals surface area contributed by atoms with Gasteiger partial charge in [0.25, 0.3) is 0 Å². The van der Waals surface area contributed by atoms with E-state index in [-0.39, 0.29) is 11.8 Å². The number of carboxylic acids is 1. The molecule has 3 rings (SSSR count). The number of aryl methyl sites for hydroxylation is 1. The molecule has 0 saturated heterocycles. The quantitative estimate of drug-likeness (QED) is 0.891. The molecule has 1 saturated carbocycles. The average Bonchev–Trinajstić information content (AvgIpc) is 2.99. The van der Waals surface area contributed by atoms with E-state index in [4.69, 9.17) is 16.7 Å². The summed E-state index contributed by atoms with van der Waals surface area (Å²) >= 11 is 6.12. The van der Waals surface area contributed by atoms with Gasteiger partial charge in [0.05, 0.1) is 22.0 Å². The lowest BCUT2D eigenvalue weighted by Gasteiger charge is -2.01. The number of carboxylic acid groups (broad SMARTS) is 1. The zero-order chi connectivity index (χ0) is 12.2. The summed E-state index contributed by atoms with van der Waals surface area (Å²) in [4.78, 5) is 15.4. The Balaban J connectivity index is 2.11. The molecule has 1 fully saturated rings. The third kappa shape index (κ3) is 1.52. The summed E-state index contributed by atoms with van der Waals surface area (Å²) in [7, 11) is 1.88. The molecule has 1 aromatic heterocycles. The molecule has 0 amide bonds. The van der Waals surface area contributed by atoms with Crippen LogP contribution in [0.4, 0.5) is 0 Å². The molecule has 4 nitrogen and oxygen atoms in total. The fourth-order valence-electron chi connectivity index (χ4n) is 2.32. The van der Waals surface area contributed by atoms with E-state index in [1.807, 2.05) is 29.8 Å². The molecule has 0 bridgehead atoms. The van der Waals surface area contributed by atoms with Crippen LogP contribution in [0.1, 0.15) is 18.2 Å². The van der Waals surface area contributed by atoms with E-state index in [0.717, 1.165) is 16.9 Å². The maximum Gasteiger partial charge on any atom is 0.307 e. The Morgan fingerprint density at radius 2 is 2.35 bits per heavy atom. The first-order valence-electron chi connectivity index (χ1n) is 5.43. The van der Waals surface area contributed by atoms with Crippen molar-refractivity contribution in [3.05, 3.63) is 29.0 Å². The topological polar surface area (TPSA) is 55.1 Å². The first-order chi connectivity index (χ1) is 8.09. The Hall–Kier alpha value is -1.55. The largest absolute Gasteiger partial charge is 0.481 e. The second-order valence-corrected chi connectivity index (χ2v) is 4.83. The van der Waals surface area contributed by atoms with Crippen molar-refractivity contribution in [2.45, 2.75) is 12.3 Å². The van der Waals surface area contributed by atoms with Crippen molar-refractivity contribution < 1.29 is 9.90 Å². The van der Waals surface area contributed by atoms with Crippen LogP contribution < -0.4 is 0 Å². The summed E-state index contributed by atoms with van der Waals surface area (Å²) in [6.07, 6.45) is 0.671. The number of fused-ring (bicyclic) bond motifs is 1. The van der Waals surface area contributed by atoms with E-state index >= 15 is 0 Å². The first kappa shape index (κ1) is 10.6. The van der Waals surface area contributed by atoms with Crippen LogP contribution in [0.5, 0.6) is 0 Å². The highest BCUT2D eigenvalue weighted by atomic mass is 35.5. The van der Waals surface area contributed by atoms with E-state index in [1.165, 1.54) is 0 Å². The van der Waals surface area contributed by atoms with Gasteiger partial charge in [-0.1, -0.05) is 17.7 Å². The van der Waals surface area contributed by atoms with Gasteiger partial charge in [0, 0.05) is 13.0 Å². The Kier molecular flexibility index (Phi) is 2.16. The molecule has 0 spiro atoms. The Morgan fingerprint density at radius 3 is 2.94 bits per heavy atom. The van der Waals surface area contributed by atoms with E-state index in [9.17, 15) is 4.79 Å². The number of rotatable bonds is 2. The summed E-state index contributed by atoms with van der Waals surface area (Å²) in [5.74, 6) is -0.182. The fourth-order valence-corrected chi connectivity index (χ4v) is 2.62. The van der Waals surface area contributed by atoms with E-state index in [0.29, 0.717) is 11.4 Å². The predicted molar refractivity (Wildman–Crippen MR) is 64.2 cm³/mol. The Bertz CT molecular complexity index is 620. The van der Waals surface area contributed by atoms with Crippen molar-refractivity contribution in [2.75, 3.05) is 0 Å². The van der Waals surface area contributed by atoms with Gasteiger partial charge in [-0.2, -0.15) is 0 Å². The minimum absolute atomic E-state index is 0.0287. The molecular formula is C12H11ClN2O2. The molecular weight excluding hydrogens is 240 g/mol. The average molecular weight is 251 g/mol. The van der Waals surface area contributed by atoms with Gasteiger partial charge >= 0.3 is 5.97 Å². The summed E-state index contributed by atoms with van der Waals surface area (Å²) in [6, 6.07) is 5.56. The second kappa shape index (κ2) is 3.47. The summed E-state index contributed by atoms with van der Waals surface area (Å²) in [5, 5.41) is 9.59. The van der Waals surface area contributed by atoms with Gasteiger partial charge in [-0.25, -0.2) is 4.98 Å². The lowest BCUT2D eigenvalue weighted by atomic mass is 10.3. The maximum absolute atomic E-state index is 10.9. The molecule has 1 aliphatic rings. The molecule has 0 radical (unpaired) electrons. The molecule has 1 aromatic carbocycles. The van der Waals surface area contributed by atoms with Crippen LogP contribution in [0.2, 0.25) is 5.02 Å². The molecule has 1 heterocycles. The number of halogens is 1.